The number of rotatable bonds is 10. The van der Waals surface area contributed by atoms with Gasteiger partial charge in [-0.2, -0.15) is 0 Å². The van der Waals surface area contributed by atoms with Gasteiger partial charge in [0.15, 0.2) is 29.0 Å². The molecule has 2 aliphatic carbocycles. The quantitative estimate of drug-likeness (QED) is 0.0437. The zero-order valence-corrected chi connectivity index (χ0v) is 36.2. The second kappa shape index (κ2) is 18.8. The van der Waals surface area contributed by atoms with Crippen LogP contribution in [0.15, 0.2) is 95.5 Å². The van der Waals surface area contributed by atoms with E-state index in [1.165, 1.54) is 18.6 Å². The first-order valence-electron chi connectivity index (χ1n) is 22.7. The standard InChI is InChI=1S/C50H58N6O8/c1-30(57)62-43-28-42(35-26-40(59)47(60)45(27-35)61-22-15-32-6-3-18-52-29-32)64-48-36(43)11-9-34-10-12-38-41(63-44-24-33(23-37(34)48)8-13-39(44)58)7-2-16-50(38)17-21-55-49(56-50)54-19-4-5-31-14-20-53-46(51)25-31/h3,6,8-9,11,13-14,18,24-27,29,34,36-38,41-43,48,53,58-60H,2,4-5,7,15-17,19-23,28,51H2,1H3,(H2,54,55,56)/t34-,36-,37-,38+,41-,42+,43+,48-,50+/m1/s1. The summed E-state index contributed by atoms with van der Waals surface area (Å²) in [6.45, 7) is 3.79. The third kappa shape index (κ3) is 9.45. The fourth-order valence-corrected chi connectivity index (χ4v) is 10.4. The highest BCUT2D eigenvalue weighted by Gasteiger charge is 2.50. The molecule has 14 nitrogen and oxygen atoms in total. The second-order valence-electron chi connectivity index (χ2n) is 17.8. The molecular formula is C50H58N6O8. The molecule has 6 aliphatic rings. The molecular weight excluding hydrogens is 813 g/mol. The lowest BCUT2D eigenvalue weighted by Crippen LogP contribution is -2.64. The van der Waals surface area contributed by atoms with Crippen molar-refractivity contribution in [3.63, 3.8) is 0 Å². The van der Waals surface area contributed by atoms with Crippen molar-refractivity contribution >= 4 is 11.9 Å². The number of esters is 1. The maximum absolute atomic E-state index is 12.7. The molecule has 0 radical (unpaired) electrons. The SMILES string of the molecule is CC(=O)O[C@H]1C[C@@H](c2cc(O)c(O)c(OCCc3cccnc3)c2)O[C@@H]2[C@@H]1C=C[C@@H]1C#C[C@H]3[C@@H](CCC[C@]34CCN=C(NCCCC3=CCNC(N)=C3)N4)Oc3cc(ccc3O)C[C@@H]21. The number of guanidine groups is 1. The van der Waals surface area contributed by atoms with E-state index in [1.807, 2.05) is 30.3 Å². The van der Waals surface area contributed by atoms with E-state index in [0.29, 0.717) is 42.9 Å². The van der Waals surface area contributed by atoms with Gasteiger partial charge in [0.2, 0.25) is 5.75 Å². The summed E-state index contributed by atoms with van der Waals surface area (Å²) >= 11 is 0. The molecule has 9 atom stereocenters. The van der Waals surface area contributed by atoms with Crippen molar-refractivity contribution in [2.24, 2.45) is 34.4 Å². The number of phenolic OH excluding ortho intramolecular Hbond substituents is 3. The monoisotopic (exact) mass is 870 g/mol. The van der Waals surface area contributed by atoms with Crippen molar-refractivity contribution < 1.29 is 39.1 Å². The van der Waals surface area contributed by atoms with Crippen molar-refractivity contribution in [3.8, 4) is 40.6 Å². The van der Waals surface area contributed by atoms with Gasteiger partial charge in [0.05, 0.1) is 36.1 Å². The molecule has 8 N–H and O–H groups in total. The number of dihydropyridines is 1. The van der Waals surface area contributed by atoms with Crippen LogP contribution < -0.4 is 31.2 Å². The van der Waals surface area contributed by atoms with Crippen molar-refractivity contribution in [2.45, 2.75) is 94.7 Å². The third-order valence-electron chi connectivity index (χ3n) is 13.5. The number of nitrogens with two attached hydrogens (primary N) is 1. The molecule has 336 valence electrons. The number of pyridine rings is 1. The fourth-order valence-electron chi connectivity index (χ4n) is 10.4. The van der Waals surface area contributed by atoms with Gasteiger partial charge < -0.3 is 56.0 Å². The van der Waals surface area contributed by atoms with E-state index < -0.39 is 29.8 Å². The minimum absolute atomic E-state index is 0.0720. The van der Waals surface area contributed by atoms with Gasteiger partial charge in [-0.25, -0.2) is 0 Å². The number of aliphatic imine (C=N–C) groups is 1. The summed E-state index contributed by atoms with van der Waals surface area (Å²) in [7, 11) is 0. The van der Waals surface area contributed by atoms with Gasteiger partial charge in [0.25, 0.3) is 0 Å². The smallest absolute Gasteiger partial charge is 0.302 e. The molecule has 14 heteroatoms. The van der Waals surface area contributed by atoms with Crippen molar-refractivity contribution in [2.75, 3.05) is 26.2 Å². The summed E-state index contributed by atoms with van der Waals surface area (Å²) in [5.74, 6) is 7.54. The number of aromatic hydroxyl groups is 3. The fraction of sp³-hybridized carbons (Fsp3) is 0.460. The highest BCUT2D eigenvalue weighted by molar-refractivity contribution is 5.81. The van der Waals surface area contributed by atoms with E-state index in [4.69, 9.17) is 29.7 Å². The second-order valence-corrected chi connectivity index (χ2v) is 17.8. The average Bonchev–Trinajstić information content (AvgIpc) is 3.30. The first kappa shape index (κ1) is 42.9. The van der Waals surface area contributed by atoms with E-state index in [2.05, 4.69) is 51.0 Å². The Morgan fingerprint density at radius 1 is 1.09 bits per heavy atom. The minimum Gasteiger partial charge on any atom is -0.504 e. The summed E-state index contributed by atoms with van der Waals surface area (Å²) < 4.78 is 26.0. The van der Waals surface area contributed by atoms with Gasteiger partial charge in [-0.05, 0) is 104 Å². The van der Waals surface area contributed by atoms with Gasteiger partial charge in [-0.15, -0.1) is 0 Å². The van der Waals surface area contributed by atoms with Crippen LogP contribution in [0.2, 0.25) is 0 Å². The highest BCUT2D eigenvalue weighted by atomic mass is 16.6. The van der Waals surface area contributed by atoms with Crippen LogP contribution in [0.5, 0.6) is 28.7 Å². The van der Waals surface area contributed by atoms with E-state index in [0.717, 1.165) is 68.7 Å². The van der Waals surface area contributed by atoms with Crippen LogP contribution in [0.1, 0.15) is 74.7 Å². The molecule has 2 aromatic carbocycles. The number of hydrogen-bond donors (Lipinski definition) is 7. The number of fused-ring (bicyclic) bond motifs is 7. The van der Waals surface area contributed by atoms with Gasteiger partial charge in [0.1, 0.15) is 12.2 Å². The Balaban J connectivity index is 1.00. The van der Waals surface area contributed by atoms with Gasteiger partial charge in [-0.1, -0.05) is 42.2 Å². The van der Waals surface area contributed by atoms with Crippen LogP contribution in [0, 0.1) is 35.5 Å². The Hall–Kier alpha value is -6.33. The number of carbonyl (C=O) groups is 1. The summed E-state index contributed by atoms with van der Waals surface area (Å²) in [5.41, 5.74) is 9.31. The number of benzene rings is 2. The zero-order valence-electron chi connectivity index (χ0n) is 36.2. The van der Waals surface area contributed by atoms with E-state index in [1.54, 1.807) is 24.5 Å². The van der Waals surface area contributed by atoms with Crippen LogP contribution in [-0.4, -0.2) is 82.3 Å². The Bertz CT molecular complexity index is 2390. The van der Waals surface area contributed by atoms with Crippen LogP contribution in [0.4, 0.5) is 0 Å². The number of hydrogen-bond acceptors (Lipinski definition) is 14. The maximum atomic E-state index is 12.7. The number of allylic oxidation sites excluding steroid dienone is 3. The highest BCUT2D eigenvalue weighted by Crippen LogP contribution is 2.49. The molecule has 0 unspecified atom stereocenters. The largest absolute Gasteiger partial charge is 0.504 e. The Morgan fingerprint density at radius 2 is 2.00 bits per heavy atom. The molecule has 2 bridgehead atoms. The predicted molar refractivity (Wildman–Crippen MR) is 240 cm³/mol. The van der Waals surface area contributed by atoms with Gasteiger partial charge in [0, 0.05) is 69.5 Å². The molecule has 0 amide bonds. The Kier molecular flexibility index (Phi) is 12.6. The Labute approximate surface area is 374 Å². The normalized spacial score (nSPS) is 29.1. The lowest BCUT2D eigenvalue weighted by molar-refractivity contribution is -0.179. The minimum atomic E-state index is -0.622. The first-order chi connectivity index (χ1) is 31.1. The Morgan fingerprint density at radius 3 is 2.84 bits per heavy atom. The molecule has 1 spiro atoms. The topological polar surface area (TPSA) is 202 Å². The number of ether oxygens (including phenoxy) is 4. The molecule has 1 saturated heterocycles. The number of nitrogens with one attached hydrogen (secondary N) is 3. The molecule has 1 saturated carbocycles. The predicted octanol–water partition coefficient (Wildman–Crippen LogP) is 5.59. The lowest BCUT2D eigenvalue weighted by atomic mass is 9.67. The zero-order chi connectivity index (χ0) is 44.2. The van der Waals surface area contributed by atoms with E-state index in [9.17, 15) is 20.1 Å². The molecule has 1 aromatic heterocycles. The number of carbonyl (C=O) groups excluding carboxylic acids is 1. The van der Waals surface area contributed by atoms with Crippen LogP contribution in [-0.2, 0) is 27.1 Å². The van der Waals surface area contributed by atoms with Gasteiger partial charge in [-0.3, -0.25) is 14.8 Å². The number of nitrogens with zero attached hydrogens (tertiary/aromatic N) is 2. The molecule has 2 fully saturated rings. The maximum Gasteiger partial charge on any atom is 0.302 e. The van der Waals surface area contributed by atoms with Crippen molar-refractivity contribution in [1.29, 1.82) is 0 Å². The average molecular weight is 871 g/mol. The molecule has 4 aliphatic heterocycles. The summed E-state index contributed by atoms with van der Waals surface area (Å²) in [6, 6.07) is 12.5. The molecule has 5 heterocycles. The van der Waals surface area contributed by atoms with Crippen LogP contribution in [0.3, 0.4) is 0 Å². The summed E-state index contributed by atoms with van der Waals surface area (Å²) in [4.78, 5) is 21.7. The lowest BCUT2D eigenvalue weighted by Gasteiger charge is -2.48. The van der Waals surface area contributed by atoms with Crippen molar-refractivity contribution in [3.05, 3.63) is 107 Å². The van der Waals surface area contributed by atoms with Gasteiger partial charge >= 0.3 is 5.97 Å². The van der Waals surface area contributed by atoms with Crippen molar-refractivity contribution in [1.82, 2.24) is 20.9 Å². The third-order valence-corrected chi connectivity index (χ3v) is 13.5. The first-order valence-corrected chi connectivity index (χ1v) is 22.7. The summed E-state index contributed by atoms with van der Waals surface area (Å²) in [6.07, 6.45) is 16.6. The summed E-state index contributed by atoms with van der Waals surface area (Å²) in [5, 5.41) is 43.6. The van der Waals surface area contributed by atoms with E-state index in [-0.39, 0.29) is 59.4 Å². The molecule has 3 aromatic rings. The van der Waals surface area contributed by atoms with Crippen LogP contribution >= 0.6 is 0 Å². The number of aromatic nitrogens is 1. The number of phenols is 3. The van der Waals surface area contributed by atoms with E-state index >= 15 is 0 Å². The molecule has 64 heavy (non-hydrogen) atoms. The molecule has 9 rings (SSSR count). The van der Waals surface area contributed by atoms with Crippen LogP contribution in [0.25, 0.3) is 0 Å².